The van der Waals surface area contributed by atoms with E-state index in [1.807, 2.05) is 7.05 Å². The minimum absolute atomic E-state index is 0.201. The number of hydrogen-bond acceptors (Lipinski definition) is 2. The van der Waals surface area contributed by atoms with Crippen molar-refractivity contribution < 1.29 is 4.74 Å². The van der Waals surface area contributed by atoms with Crippen molar-refractivity contribution >= 4 is 0 Å². The molecule has 0 saturated heterocycles. The highest BCUT2D eigenvalue weighted by Crippen LogP contribution is 2.27. The molecule has 1 N–H and O–H groups in total. The molecule has 20 heavy (non-hydrogen) atoms. The Kier molecular flexibility index (Phi) is 6.54. The van der Waals surface area contributed by atoms with Crippen molar-refractivity contribution in [2.45, 2.75) is 65.3 Å². The highest BCUT2D eigenvalue weighted by molar-refractivity contribution is 5.38. The summed E-state index contributed by atoms with van der Waals surface area (Å²) < 4.78 is 5.90. The molecule has 2 heteroatoms. The van der Waals surface area contributed by atoms with Gasteiger partial charge in [0.15, 0.2) is 0 Å². The van der Waals surface area contributed by atoms with Gasteiger partial charge in [-0.3, -0.25) is 0 Å². The van der Waals surface area contributed by atoms with Gasteiger partial charge in [0.2, 0.25) is 0 Å². The Balaban J connectivity index is 2.42. The van der Waals surface area contributed by atoms with Crippen LogP contribution in [0.25, 0.3) is 0 Å². The van der Waals surface area contributed by atoms with E-state index in [9.17, 15) is 0 Å². The Labute approximate surface area is 124 Å². The zero-order chi connectivity index (χ0) is 15.2. The number of nitrogens with one attached hydrogen (secondary N) is 1. The molecule has 1 aromatic rings. The third-order valence-corrected chi connectivity index (χ3v) is 3.82. The van der Waals surface area contributed by atoms with E-state index in [4.69, 9.17) is 4.74 Å². The number of aryl methyl sites for hydroxylation is 1. The van der Waals surface area contributed by atoms with Gasteiger partial charge >= 0.3 is 0 Å². The van der Waals surface area contributed by atoms with E-state index in [0.29, 0.717) is 6.04 Å². The SMILES string of the molecule is CNC(C)CCCCOc1ccc(C(C)(C)C)cc1C. The van der Waals surface area contributed by atoms with Gasteiger partial charge in [-0.1, -0.05) is 32.9 Å². The summed E-state index contributed by atoms with van der Waals surface area (Å²) in [6, 6.07) is 7.15. The molecule has 0 spiro atoms. The molecule has 1 atom stereocenters. The van der Waals surface area contributed by atoms with E-state index >= 15 is 0 Å². The molecule has 0 aliphatic heterocycles. The van der Waals surface area contributed by atoms with Crippen LogP contribution in [0.5, 0.6) is 5.75 Å². The van der Waals surface area contributed by atoms with Gasteiger partial charge in [-0.2, -0.15) is 0 Å². The maximum absolute atomic E-state index is 5.90. The molecule has 0 bridgehead atoms. The molecule has 0 aromatic heterocycles. The van der Waals surface area contributed by atoms with Crippen LogP contribution in [0.2, 0.25) is 0 Å². The molecule has 1 aromatic carbocycles. The number of benzene rings is 1. The molecule has 1 unspecified atom stereocenters. The first-order valence-corrected chi connectivity index (χ1v) is 7.76. The summed E-state index contributed by atoms with van der Waals surface area (Å²) in [5.41, 5.74) is 2.80. The lowest BCUT2D eigenvalue weighted by Crippen LogP contribution is -2.20. The fourth-order valence-corrected chi connectivity index (χ4v) is 2.16. The van der Waals surface area contributed by atoms with Crippen LogP contribution in [0.3, 0.4) is 0 Å². The van der Waals surface area contributed by atoms with Gasteiger partial charge in [0.25, 0.3) is 0 Å². The van der Waals surface area contributed by atoms with E-state index < -0.39 is 0 Å². The third kappa shape index (κ3) is 5.54. The number of hydrogen-bond donors (Lipinski definition) is 1. The van der Waals surface area contributed by atoms with E-state index in [2.05, 4.69) is 58.1 Å². The minimum atomic E-state index is 0.201. The average molecular weight is 277 g/mol. The predicted octanol–water partition coefficient (Wildman–Crippen LogP) is 4.45. The molecule has 0 fully saturated rings. The van der Waals surface area contributed by atoms with Crippen LogP contribution in [0.15, 0.2) is 18.2 Å². The Morgan fingerprint density at radius 3 is 2.45 bits per heavy atom. The second kappa shape index (κ2) is 7.68. The van der Waals surface area contributed by atoms with Crippen LogP contribution in [-0.2, 0) is 5.41 Å². The lowest BCUT2D eigenvalue weighted by Gasteiger charge is -2.20. The normalized spacial score (nSPS) is 13.3. The van der Waals surface area contributed by atoms with Crippen LogP contribution in [0, 0.1) is 6.92 Å². The van der Waals surface area contributed by atoms with Gasteiger partial charge in [-0.05, 0) is 62.8 Å². The van der Waals surface area contributed by atoms with Crippen LogP contribution >= 0.6 is 0 Å². The summed E-state index contributed by atoms with van der Waals surface area (Å²) in [5.74, 6) is 1.03. The Bertz CT molecular complexity index is 406. The molecule has 0 aliphatic rings. The molecule has 0 radical (unpaired) electrons. The number of unbranched alkanes of at least 4 members (excludes halogenated alkanes) is 1. The zero-order valence-corrected chi connectivity index (χ0v) is 14.0. The summed E-state index contributed by atoms with van der Waals surface area (Å²) in [7, 11) is 2.02. The third-order valence-electron chi connectivity index (χ3n) is 3.82. The maximum atomic E-state index is 5.90. The van der Waals surface area contributed by atoms with Crippen molar-refractivity contribution in [3.63, 3.8) is 0 Å². The Morgan fingerprint density at radius 2 is 1.90 bits per heavy atom. The maximum Gasteiger partial charge on any atom is 0.122 e. The van der Waals surface area contributed by atoms with Gasteiger partial charge in [-0.15, -0.1) is 0 Å². The lowest BCUT2D eigenvalue weighted by atomic mass is 9.86. The summed E-state index contributed by atoms with van der Waals surface area (Å²) in [5, 5.41) is 3.26. The minimum Gasteiger partial charge on any atom is -0.493 e. The van der Waals surface area contributed by atoms with Crippen LogP contribution in [0.1, 0.15) is 58.1 Å². The van der Waals surface area contributed by atoms with Crippen LogP contribution < -0.4 is 10.1 Å². The Hall–Kier alpha value is -1.02. The van der Waals surface area contributed by atoms with Crippen molar-refractivity contribution in [3.05, 3.63) is 29.3 Å². The molecule has 114 valence electrons. The highest BCUT2D eigenvalue weighted by Gasteiger charge is 2.14. The van der Waals surface area contributed by atoms with Crippen molar-refractivity contribution in [1.29, 1.82) is 0 Å². The molecule has 1 rings (SSSR count). The fourth-order valence-electron chi connectivity index (χ4n) is 2.16. The first kappa shape index (κ1) is 17.0. The average Bonchev–Trinajstić information content (AvgIpc) is 2.38. The summed E-state index contributed by atoms with van der Waals surface area (Å²) >= 11 is 0. The van der Waals surface area contributed by atoms with Gasteiger partial charge in [0.1, 0.15) is 5.75 Å². The van der Waals surface area contributed by atoms with E-state index in [-0.39, 0.29) is 5.41 Å². The Morgan fingerprint density at radius 1 is 1.20 bits per heavy atom. The van der Waals surface area contributed by atoms with E-state index in [1.54, 1.807) is 0 Å². The summed E-state index contributed by atoms with van der Waals surface area (Å²) in [6.07, 6.45) is 3.54. The molecule has 0 amide bonds. The van der Waals surface area contributed by atoms with Crippen molar-refractivity contribution in [2.24, 2.45) is 0 Å². The van der Waals surface area contributed by atoms with Crippen LogP contribution in [0.4, 0.5) is 0 Å². The summed E-state index contributed by atoms with van der Waals surface area (Å²) in [4.78, 5) is 0. The number of rotatable bonds is 7. The number of ether oxygens (including phenoxy) is 1. The smallest absolute Gasteiger partial charge is 0.122 e. The van der Waals surface area contributed by atoms with Gasteiger partial charge < -0.3 is 10.1 Å². The lowest BCUT2D eigenvalue weighted by molar-refractivity contribution is 0.300. The van der Waals surface area contributed by atoms with Gasteiger partial charge in [0.05, 0.1) is 6.61 Å². The first-order valence-electron chi connectivity index (χ1n) is 7.76. The van der Waals surface area contributed by atoms with Crippen molar-refractivity contribution in [2.75, 3.05) is 13.7 Å². The molecule has 0 heterocycles. The standard InChI is InChI=1S/C18H31NO/c1-14-13-16(18(3,4)5)10-11-17(14)20-12-8-7-9-15(2)19-6/h10-11,13,15,19H,7-9,12H2,1-6H3. The van der Waals surface area contributed by atoms with Gasteiger partial charge in [-0.25, -0.2) is 0 Å². The van der Waals surface area contributed by atoms with E-state index in [1.165, 1.54) is 24.0 Å². The molecular weight excluding hydrogens is 246 g/mol. The predicted molar refractivity (Wildman–Crippen MR) is 87.7 cm³/mol. The topological polar surface area (TPSA) is 21.3 Å². The summed E-state index contributed by atoms with van der Waals surface area (Å²) in [6.45, 7) is 11.9. The molecule has 0 aliphatic carbocycles. The van der Waals surface area contributed by atoms with E-state index in [0.717, 1.165) is 18.8 Å². The monoisotopic (exact) mass is 277 g/mol. The first-order chi connectivity index (χ1) is 9.34. The highest BCUT2D eigenvalue weighted by atomic mass is 16.5. The largest absolute Gasteiger partial charge is 0.493 e. The van der Waals surface area contributed by atoms with Gasteiger partial charge in [0, 0.05) is 6.04 Å². The molecule has 0 saturated carbocycles. The quantitative estimate of drug-likeness (QED) is 0.743. The second-order valence-electron chi connectivity index (χ2n) is 6.76. The fraction of sp³-hybridized carbons (Fsp3) is 0.667. The zero-order valence-electron chi connectivity index (χ0n) is 14.0. The van der Waals surface area contributed by atoms with Crippen LogP contribution in [-0.4, -0.2) is 19.7 Å². The molecular formula is C18H31NO. The van der Waals surface area contributed by atoms with Crippen molar-refractivity contribution in [3.8, 4) is 5.75 Å². The molecule has 2 nitrogen and oxygen atoms in total. The second-order valence-corrected chi connectivity index (χ2v) is 6.76. The van der Waals surface area contributed by atoms with Crippen molar-refractivity contribution in [1.82, 2.24) is 5.32 Å².